The number of carbonyl (C=O) groups is 2. The fraction of sp³-hybridized carbons (Fsp3) is 0.417. The zero-order valence-electron chi connectivity index (χ0n) is 10.4. The number of hydrogen-bond acceptors (Lipinski definition) is 4. The lowest BCUT2D eigenvalue weighted by molar-refractivity contribution is -0.141. The van der Waals surface area contributed by atoms with Gasteiger partial charge in [0.05, 0.1) is 11.5 Å². The van der Waals surface area contributed by atoms with E-state index in [0.29, 0.717) is 23.4 Å². The lowest BCUT2D eigenvalue weighted by atomic mass is 10.1. The summed E-state index contributed by atoms with van der Waals surface area (Å²) in [6.45, 7) is 3.75. The van der Waals surface area contributed by atoms with Crippen molar-refractivity contribution in [3.63, 3.8) is 0 Å². The largest absolute Gasteiger partial charge is 0.481 e. The monoisotopic (exact) mass is 251 g/mol. The van der Waals surface area contributed by atoms with Gasteiger partial charge in [-0.1, -0.05) is 6.92 Å². The highest BCUT2D eigenvalue weighted by atomic mass is 16.4. The van der Waals surface area contributed by atoms with Crippen molar-refractivity contribution >= 4 is 17.7 Å². The lowest BCUT2D eigenvalue weighted by Gasteiger charge is -2.14. The minimum absolute atomic E-state index is 0.211. The molecule has 0 bridgehead atoms. The van der Waals surface area contributed by atoms with E-state index in [4.69, 9.17) is 10.8 Å². The van der Waals surface area contributed by atoms with Crippen molar-refractivity contribution in [2.24, 2.45) is 11.7 Å². The van der Waals surface area contributed by atoms with Gasteiger partial charge in [0.2, 0.25) is 0 Å². The van der Waals surface area contributed by atoms with E-state index in [1.165, 1.54) is 0 Å². The number of anilines is 1. The van der Waals surface area contributed by atoms with Gasteiger partial charge in [0.25, 0.3) is 5.91 Å². The van der Waals surface area contributed by atoms with Crippen LogP contribution in [0.3, 0.4) is 0 Å². The normalized spacial score (nSPS) is 11.9. The predicted molar refractivity (Wildman–Crippen MR) is 67.4 cm³/mol. The summed E-state index contributed by atoms with van der Waals surface area (Å²) in [5.74, 6) is -1.64. The fourth-order valence-electron chi connectivity index (χ4n) is 1.63. The second-order valence-corrected chi connectivity index (χ2v) is 4.04. The number of aliphatic carboxylic acids is 1. The average Bonchev–Trinajstić information content (AvgIpc) is 2.28. The summed E-state index contributed by atoms with van der Waals surface area (Å²) in [6.07, 6.45) is 2.05. The third-order valence-corrected chi connectivity index (χ3v) is 2.76. The molecule has 0 aliphatic heterocycles. The molecule has 1 atom stereocenters. The Kier molecular flexibility index (Phi) is 4.65. The first-order valence-corrected chi connectivity index (χ1v) is 5.69. The zero-order valence-corrected chi connectivity index (χ0v) is 10.4. The van der Waals surface area contributed by atoms with E-state index in [-0.39, 0.29) is 6.54 Å². The van der Waals surface area contributed by atoms with Crippen molar-refractivity contribution in [3.05, 3.63) is 23.4 Å². The second-order valence-electron chi connectivity index (χ2n) is 4.04. The average molecular weight is 251 g/mol. The van der Waals surface area contributed by atoms with Crippen molar-refractivity contribution < 1.29 is 14.7 Å². The van der Waals surface area contributed by atoms with Gasteiger partial charge < -0.3 is 16.2 Å². The maximum Gasteiger partial charge on any atom is 0.308 e. The number of nitrogens with zero attached hydrogens (tertiary/aromatic N) is 1. The van der Waals surface area contributed by atoms with Crippen LogP contribution in [0.2, 0.25) is 0 Å². The van der Waals surface area contributed by atoms with Crippen molar-refractivity contribution in [2.45, 2.75) is 20.3 Å². The number of primary amides is 1. The van der Waals surface area contributed by atoms with E-state index in [1.54, 1.807) is 26.1 Å². The zero-order chi connectivity index (χ0) is 13.7. The number of carboxylic acids is 1. The Labute approximate surface area is 105 Å². The summed E-state index contributed by atoms with van der Waals surface area (Å²) < 4.78 is 0. The van der Waals surface area contributed by atoms with E-state index in [9.17, 15) is 9.59 Å². The van der Waals surface area contributed by atoms with Crippen molar-refractivity contribution in [1.82, 2.24) is 4.98 Å². The highest BCUT2D eigenvalue weighted by molar-refractivity contribution is 5.99. The molecule has 0 aromatic carbocycles. The van der Waals surface area contributed by atoms with Crippen LogP contribution in [0.4, 0.5) is 5.82 Å². The Balaban J connectivity index is 2.88. The first-order chi connectivity index (χ1) is 8.47. The molecule has 0 spiro atoms. The number of carboxylic acid groups (broad SMARTS) is 1. The van der Waals surface area contributed by atoms with E-state index in [1.807, 2.05) is 0 Å². The molecule has 0 radical (unpaired) electrons. The molecule has 0 aliphatic rings. The van der Waals surface area contributed by atoms with Crippen molar-refractivity contribution in [2.75, 3.05) is 11.9 Å². The topological polar surface area (TPSA) is 105 Å². The third kappa shape index (κ3) is 3.19. The van der Waals surface area contributed by atoms with E-state index < -0.39 is 17.8 Å². The summed E-state index contributed by atoms with van der Waals surface area (Å²) in [4.78, 5) is 26.2. The van der Waals surface area contributed by atoms with Gasteiger partial charge in [-0.2, -0.15) is 0 Å². The van der Waals surface area contributed by atoms with Gasteiger partial charge in [0.15, 0.2) is 0 Å². The number of nitrogens with two attached hydrogens (primary N) is 1. The Morgan fingerprint density at radius 1 is 1.56 bits per heavy atom. The predicted octanol–water partition coefficient (Wildman–Crippen LogP) is 1.01. The highest BCUT2D eigenvalue weighted by Crippen LogP contribution is 2.16. The summed E-state index contributed by atoms with van der Waals surface area (Å²) in [5.41, 5.74) is 6.29. The van der Waals surface area contributed by atoms with Crippen LogP contribution in [0.25, 0.3) is 0 Å². The number of aryl methyl sites for hydroxylation is 1. The van der Waals surface area contributed by atoms with Crippen LogP contribution in [0.1, 0.15) is 29.3 Å². The van der Waals surface area contributed by atoms with Crippen LogP contribution in [0.15, 0.2) is 12.3 Å². The quantitative estimate of drug-likeness (QED) is 0.699. The van der Waals surface area contributed by atoms with Gasteiger partial charge in [-0.05, 0) is 25.0 Å². The summed E-state index contributed by atoms with van der Waals surface area (Å²) >= 11 is 0. The molecule has 6 heteroatoms. The smallest absolute Gasteiger partial charge is 0.308 e. The minimum Gasteiger partial charge on any atom is -0.481 e. The SMILES string of the molecule is CCC(CNc1nccc(C)c1C(N)=O)C(=O)O. The maximum atomic E-state index is 11.3. The van der Waals surface area contributed by atoms with Gasteiger partial charge in [-0.3, -0.25) is 9.59 Å². The number of pyridine rings is 1. The number of rotatable bonds is 6. The number of carbonyl (C=O) groups excluding carboxylic acids is 1. The van der Waals surface area contributed by atoms with E-state index >= 15 is 0 Å². The fourth-order valence-corrected chi connectivity index (χ4v) is 1.63. The van der Waals surface area contributed by atoms with E-state index in [2.05, 4.69) is 10.3 Å². The highest BCUT2D eigenvalue weighted by Gasteiger charge is 2.17. The Morgan fingerprint density at radius 2 is 2.22 bits per heavy atom. The van der Waals surface area contributed by atoms with Gasteiger partial charge in [0, 0.05) is 12.7 Å². The minimum atomic E-state index is -0.877. The molecule has 1 unspecified atom stereocenters. The Morgan fingerprint density at radius 3 is 2.72 bits per heavy atom. The number of amides is 1. The van der Waals surface area contributed by atoms with Crippen LogP contribution < -0.4 is 11.1 Å². The van der Waals surface area contributed by atoms with Gasteiger partial charge in [0.1, 0.15) is 5.82 Å². The first-order valence-electron chi connectivity index (χ1n) is 5.69. The molecule has 0 fully saturated rings. The first kappa shape index (κ1) is 14.0. The molecule has 18 heavy (non-hydrogen) atoms. The summed E-state index contributed by atoms with van der Waals surface area (Å²) in [6, 6.07) is 1.68. The molecule has 1 aromatic rings. The lowest BCUT2D eigenvalue weighted by Crippen LogP contribution is -2.24. The van der Waals surface area contributed by atoms with E-state index in [0.717, 1.165) is 0 Å². The molecular weight excluding hydrogens is 234 g/mol. The molecule has 98 valence electrons. The van der Waals surface area contributed by atoms with Crippen LogP contribution >= 0.6 is 0 Å². The van der Waals surface area contributed by atoms with Crippen LogP contribution in [-0.2, 0) is 4.79 Å². The summed E-state index contributed by atoms with van der Waals surface area (Å²) in [7, 11) is 0. The van der Waals surface area contributed by atoms with Gasteiger partial charge >= 0.3 is 5.97 Å². The van der Waals surface area contributed by atoms with Gasteiger partial charge in [-0.25, -0.2) is 4.98 Å². The standard InChI is InChI=1S/C12H17N3O3/c1-3-8(12(17)18)6-15-11-9(10(13)16)7(2)4-5-14-11/h4-5,8H,3,6H2,1-2H3,(H2,13,16)(H,14,15)(H,17,18). The molecule has 0 saturated heterocycles. The molecule has 1 heterocycles. The molecule has 4 N–H and O–H groups in total. The maximum absolute atomic E-state index is 11.3. The molecule has 1 amide bonds. The van der Waals surface area contributed by atoms with Crippen molar-refractivity contribution in [1.29, 1.82) is 0 Å². The molecule has 0 saturated carbocycles. The van der Waals surface area contributed by atoms with Gasteiger partial charge in [-0.15, -0.1) is 0 Å². The van der Waals surface area contributed by atoms with Crippen molar-refractivity contribution in [3.8, 4) is 0 Å². The molecule has 6 nitrogen and oxygen atoms in total. The van der Waals surface area contributed by atoms with Crippen LogP contribution in [-0.4, -0.2) is 28.5 Å². The van der Waals surface area contributed by atoms with Crippen LogP contribution in [0, 0.1) is 12.8 Å². The Hall–Kier alpha value is -2.11. The Bertz CT molecular complexity index is 460. The molecule has 0 aliphatic carbocycles. The number of aromatic nitrogens is 1. The second kappa shape index (κ2) is 6.00. The summed E-state index contributed by atoms with van der Waals surface area (Å²) in [5, 5.41) is 11.8. The number of hydrogen-bond donors (Lipinski definition) is 3. The van der Waals surface area contributed by atoms with Crippen LogP contribution in [0.5, 0.6) is 0 Å². The molecule has 1 rings (SSSR count). The number of nitrogens with one attached hydrogen (secondary N) is 1. The third-order valence-electron chi connectivity index (χ3n) is 2.76. The molecular formula is C12H17N3O3. The molecule has 1 aromatic heterocycles.